The van der Waals surface area contributed by atoms with Crippen LogP contribution in [-0.4, -0.2) is 26.7 Å². The van der Waals surface area contributed by atoms with Gasteiger partial charge in [0.1, 0.15) is 11.9 Å². The third kappa shape index (κ3) is 4.28. The predicted octanol–water partition coefficient (Wildman–Crippen LogP) is 3.38. The lowest BCUT2D eigenvalue weighted by Crippen LogP contribution is -2.38. The first-order chi connectivity index (χ1) is 12.8. The molecule has 2 N–H and O–H groups in total. The van der Waals surface area contributed by atoms with E-state index in [1.54, 1.807) is 11.6 Å². The first kappa shape index (κ1) is 18.9. The molecule has 0 spiro atoms. The first-order valence-electron chi connectivity index (χ1n) is 8.28. The predicted molar refractivity (Wildman–Crippen MR) is 94.1 cm³/mol. The molecule has 1 aromatic heterocycles. The summed E-state index contributed by atoms with van der Waals surface area (Å²) >= 11 is 0. The summed E-state index contributed by atoms with van der Waals surface area (Å²) in [7, 11) is 1.69. The van der Waals surface area contributed by atoms with Crippen molar-refractivity contribution in [2.24, 2.45) is 7.05 Å². The van der Waals surface area contributed by atoms with E-state index in [-0.39, 0.29) is 12.1 Å². The molecule has 0 radical (unpaired) electrons. The molecular formula is C19H18F3N3O2. The second kappa shape index (κ2) is 7.40. The second-order valence-electron chi connectivity index (χ2n) is 6.25. The molecule has 0 aliphatic rings. The highest BCUT2D eigenvalue weighted by Gasteiger charge is 2.31. The Hall–Kier alpha value is -2.87. The molecule has 0 saturated heterocycles. The molecule has 0 fully saturated rings. The van der Waals surface area contributed by atoms with E-state index in [2.05, 4.69) is 10.3 Å². The van der Waals surface area contributed by atoms with E-state index in [4.69, 9.17) is 0 Å². The Labute approximate surface area is 153 Å². The van der Waals surface area contributed by atoms with E-state index in [1.165, 1.54) is 6.07 Å². The van der Waals surface area contributed by atoms with Crippen LogP contribution in [-0.2, 0) is 31.0 Å². The molecule has 5 nitrogen and oxygen atoms in total. The number of carboxylic acid groups (broad SMARTS) is 1. The summed E-state index contributed by atoms with van der Waals surface area (Å²) < 4.78 is 40.2. The van der Waals surface area contributed by atoms with Crippen molar-refractivity contribution in [2.45, 2.75) is 25.2 Å². The third-order valence-corrected chi connectivity index (χ3v) is 4.39. The fourth-order valence-electron chi connectivity index (χ4n) is 2.90. The van der Waals surface area contributed by atoms with Gasteiger partial charge in [0.2, 0.25) is 0 Å². The van der Waals surface area contributed by atoms with Crippen LogP contribution in [0.2, 0.25) is 0 Å². The molecule has 0 aliphatic carbocycles. The fourth-order valence-corrected chi connectivity index (χ4v) is 2.90. The summed E-state index contributed by atoms with van der Waals surface area (Å²) in [5, 5.41) is 12.4. The van der Waals surface area contributed by atoms with E-state index in [0.29, 0.717) is 17.8 Å². The lowest BCUT2D eigenvalue weighted by Gasteiger charge is -2.14. The Balaban J connectivity index is 1.78. The molecule has 0 bridgehead atoms. The summed E-state index contributed by atoms with van der Waals surface area (Å²) in [6.45, 7) is 0.121. The highest BCUT2D eigenvalue weighted by molar-refractivity contribution is 5.77. The van der Waals surface area contributed by atoms with Crippen LogP contribution in [0.4, 0.5) is 13.2 Å². The van der Waals surface area contributed by atoms with Gasteiger partial charge >= 0.3 is 12.1 Å². The summed E-state index contributed by atoms with van der Waals surface area (Å²) in [6.07, 6.45) is -4.15. The van der Waals surface area contributed by atoms with Gasteiger partial charge in [0.05, 0.1) is 23.1 Å². The number of benzene rings is 2. The van der Waals surface area contributed by atoms with Crippen LogP contribution in [0.3, 0.4) is 0 Å². The van der Waals surface area contributed by atoms with Crippen LogP contribution < -0.4 is 5.32 Å². The number of hydrogen-bond donors (Lipinski definition) is 2. The number of nitrogens with one attached hydrogen (secondary N) is 1. The molecule has 3 aromatic rings. The quantitative estimate of drug-likeness (QED) is 0.691. The minimum absolute atomic E-state index is 0.121. The number of aromatic nitrogens is 2. The minimum Gasteiger partial charge on any atom is -0.480 e. The number of hydrogen-bond acceptors (Lipinski definition) is 3. The van der Waals surface area contributed by atoms with Crippen LogP contribution in [0.1, 0.15) is 17.0 Å². The van der Waals surface area contributed by atoms with Crippen LogP contribution >= 0.6 is 0 Å². The molecule has 1 heterocycles. The number of rotatable bonds is 6. The SMILES string of the molecule is Cn1c(CN[C@@H](Cc2ccccc2)C(=O)O)nc2cc(C(F)(F)F)ccc21. The number of halogens is 3. The van der Waals surface area contributed by atoms with Crippen LogP contribution in [0.5, 0.6) is 0 Å². The van der Waals surface area contributed by atoms with Gasteiger partial charge in [-0.05, 0) is 30.2 Å². The fraction of sp³-hybridized carbons (Fsp3) is 0.263. The van der Waals surface area contributed by atoms with Gasteiger partial charge in [-0.15, -0.1) is 0 Å². The monoisotopic (exact) mass is 377 g/mol. The van der Waals surface area contributed by atoms with Crippen molar-refractivity contribution in [3.63, 3.8) is 0 Å². The maximum atomic E-state index is 12.9. The van der Waals surface area contributed by atoms with E-state index in [0.717, 1.165) is 17.7 Å². The number of carbonyl (C=O) groups is 1. The number of alkyl halides is 3. The number of carboxylic acids is 1. The number of nitrogens with zero attached hydrogens (tertiary/aromatic N) is 2. The highest BCUT2D eigenvalue weighted by Crippen LogP contribution is 2.31. The van der Waals surface area contributed by atoms with Crippen molar-refractivity contribution >= 4 is 17.0 Å². The molecule has 3 rings (SSSR count). The van der Waals surface area contributed by atoms with Gasteiger partial charge in [0.25, 0.3) is 0 Å². The van der Waals surface area contributed by atoms with E-state index in [9.17, 15) is 23.1 Å². The van der Waals surface area contributed by atoms with Gasteiger partial charge in [-0.3, -0.25) is 10.1 Å². The smallest absolute Gasteiger partial charge is 0.416 e. The maximum Gasteiger partial charge on any atom is 0.416 e. The number of aryl methyl sites for hydroxylation is 1. The molecule has 1 atom stereocenters. The van der Waals surface area contributed by atoms with Crippen molar-refractivity contribution < 1.29 is 23.1 Å². The van der Waals surface area contributed by atoms with Gasteiger partial charge in [-0.1, -0.05) is 30.3 Å². The van der Waals surface area contributed by atoms with Crippen LogP contribution in [0.25, 0.3) is 11.0 Å². The second-order valence-corrected chi connectivity index (χ2v) is 6.25. The van der Waals surface area contributed by atoms with Crippen molar-refractivity contribution in [1.29, 1.82) is 0 Å². The molecule has 0 amide bonds. The van der Waals surface area contributed by atoms with Gasteiger partial charge in [-0.2, -0.15) is 13.2 Å². The van der Waals surface area contributed by atoms with Gasteiger partial charge in [0, 0.05) is 7.05 Å². The van der Waals surface area contributed by atoms with E-state index < -0.39 is 23.8 Å². The lowest BCUT2D eigenvalue weighted by atomic mass is 10.1. The van der Waals surface area contributed by atoms with Crippen LogP contribution in [0, 0.1) is 0 Å². The molecule has 0 aliphatic heterocycles. The molecule has 2 aromatic carbocycles. The van der Waals surface area contributed by atoms with Crippen molar-refractivity contribution in [3.05, 3.63) is 65.5 Å². The molecule has 8 heteroatoms. The van der Waals surface area contributed by atoms with E-state index in [1.807, 2.05) is 30.3 Å². The Morgan fingerprint density at radius 3 is 2.56 bits per heavy atom. The third-order valence-electron chi connectivity index (χ3n) is 4.39. The van der Waals surface area contributed by atoms with Crippen molar-refractivity contribution in [1.82, 2.24) is 14.9 Å². The minimum atomic E-state index is -4.44. The number of fused-ring (bicyclic) bond motifs is 1. The topological polar surface area (TPSA) is 67.2 Å². The molecule has 0 saturated carbocycles. The Morgan fingerprint density at radius 1 is 1.22 bits per heavy atom. The van der Waals surface area contributed by atoms with Gasteiger partial charge < -0.3 is 9.67 Å². The highest BCUT2D eigenvalue weighted by atomic mass is 19.4. The Morgan fingerprint density at radius 2 is 1.93 bits per heavy atom. The van der Waals surface area contributed by atoms with Crippen LogP contribution in [0.15, 0.2) is 48.5 Å². The standard InChI is InChI=1S/C19H18F3N3O2/c1-25-16-8-7-13(19(20,21)22)10-14(16)24-17(25)11-23-15(18(26)27)9-12-5-3-2-4-6-12/h2-8,10,15,23H,9,11H2,1H3,(H,26,27)/t15-/m0/s1. The molecule has 27 heavy (non-hydrogen) atoms. The van der Waals surface area contributed by atoms with E-state index >= 15 is 0 Å². The summed E-state index contributed by atoms with van der Waals surface area (Å²) in [5.41, 5.74) is 0.881. The Bertz CT molecular complexity index is 952. The normalized spacial score (nSPS) is 13.0. The number of aliphatic carboxylic acids is 1. The number of imidazole rings is 1. The summed E-state index contributed by atoms with van der Waals surface area (Å²) in [6, 6.07) is 11.7. The maximum absolute atomic E-state index is 12.9. The average Bonchev–Trinajstić information content (AvgIpc) is 2.94. The molecule has 142 valence electrons. The van der Waals surface area contributed by atoms with Gasteiger partial charge in [-0.25, -0.2) is 4.98 Å². The first-order valence-corrected chi connectivity index (χ1v) is 8.28. The van der Waals surface area contributed by atoms with Crippen molar-refractivity contribution in [3.8, 4) is 0 Å². The Kier molecular flexibility index (Phi) is 5.18. The molecule has 0 unspecified atom stereocenters. The largest absolute Gasteiger partial charge is 0.480 e. The zero-order valence-corrected chi connectivity index (χ0v) is 14.5. The zero-order chi connectivity index (χ0) is 19.6. The van der Waals surface area contributed by atoms with Gasteiger partial charge in [0.15, 0.2) is 0 Å². The average molecular weight is 377 g/mol. The lowest BCUT2D eigenvalue weighted by molar-refractivity contribution is -0.139. The summed E-state index contributed by atoms with van der Waals surface area (Å²) in [5.74, 6) is -0.541. The molecular weight excluding hydrogens is 359 g/mol. The summed E-state index contributed by atoms with van der Waals surface area (Å²) in [4.78, 5) is 15.8. The van der Waals surface area contributed by atoms with Crippen molar-refractivity contribution in [2.75, 3.05) is 0 Å². The zero-order valence-electron chi connectivity index (χ0n) is 14.5.